The average Bonchev–Trinajstić information content (AvgIpc) is 2.71. The highest BCUT2D eigenvalue weighted by Crippen LogP contribution is 2.34. The van der Waals surface area contributed by atoms with Gasteiger partial charge < -0.3 is 4.74 Å². The first-order valence-electron chi connectivity index (χ1n) is 8.35. The Morgan fingerprint density at radius 1 is 0.964 bits per heavy atom. The second-order valence-corrected chi connectivity index (χ2v) is 7.52. The summed E-state index contributed by atoms with van der Waals surface area (Å²) in [6, 6.07) is 19.0. The van der Waals surface area contributed by atoms with Crippen molar-refractivity contribution in [3.63, 3.8) is 0 Å². The molecule has 3 aromatic carbocycles. The molecule has 0 radical (unpaired) electrons. The minimum atomic E-state index is -0.468. The van der Waals surface area contributed by atoms with E-state index in [1.807, 2.05) is 54.6 Å². The number of rotatable bonds is 5. The van der Waals surface area contributed by atoms with Crippen LogP contribution in [0.5, 0.6) is 5.75 Å². The molecule has 0 unspecified atom stereocenters. The van der Waals surface area contributed by atoms with Gasteiger partial charge in [0.15, 0.2) is 6.61 Å². The summed E-state index contributed by atoms with van der Waals surface area (Å²) < 4.78 is 7.31. The molecule has 0 fully saturated rings. The molecule has 0 heterocycles. The van der Waals surface area contributed by atoms with Gasteiger partial charge >= 0.3 is 0 Å². The summed E-state index contributed by atoms with van der Waals surface area (Å²) in [7, 11) is 0. The van der Waals surface area contributed by atoms with Crippen molar-refractivity contribution in [2.75, 3.05) is 6.61 Å². The van der Waals surface area contributed by atoms with Gasteiger partial charge in [0.25, 0.3) is 11.8 Å². The highest BCUT2D eigenvalue weighted by Gasteiger charge is 2.09. The Morgan fingerprint density at radius 3 is 2.54 bits per heavy atom. The third kappa shape index (κ3) is 5.43. The smallest absolute Gasteiger partial charge is 0.276 e. The van der Waals surface area contributed by atoms with Crippen molar-refractivity contribution in [2.45, 2.75) is 0 Å². The van der Waals surface area contributed by atoms with Crippen molar-refractivity contribution >= 4 is 60.5 Å². The first-order valence-corrected chi connectivity index (χ1v) is 9.94. The highest BCUT2D eigenvalue weighted by atomic mass is 79.9. The fourth-order valence-corrected chi connectivity index (χ4v) is 3.43. The van der Waals surface area contributed by atoms with Gasteiger partial charge in [0.05, 0.1) is 4.47 Å². The van der Waals surface area contributed by atoms with Crippen molar-refractivity contribution < 1.29 is 14.3 Å². The van der Waals surface area contributed by atoms with Crippen LogP contribution in [0, 0.1) is 0 Å². The van der Waals surface area contributed by atoms with E-state index in [1.54, 1.807) is 12.1 Å². The summed E-state index contributed by atoms with van der Waals surface area (Å²) in [5.41, 5.74) is 5.52. The number of halogens is 2. The SMILES string of the molecule is O=C(C=Cc1ccccc1)NNC(=O)COc1ccc2cc(Br)ccc2c1Br. The summed E-state index contributed by atoms with van der Waals surface area (Å²) in [4.78, 5) is 23.7. The van der Waals surface area contributed by atoms with E-state index in [0.717, 1.165) is 25.3 Å². The summed E-state index contributed by atoms with van der Waals surface area (Å²) in [6.45, 7) is -0.233. The van der Waals surface area contributed by atoms with Crippen molar-refractivity contribution in [1.82, 2.24) is 10.9 Å². The van der Waals surface area contributed by atoms with Gasteiger partial charge in [0.1, 0.15) is 5.75 Å². The lowest BCUT2D eigenvalue weighted by Gasteiger charge is -2.11. The highest BCUT2D eigenvalue weighted by molar-refractivity contribution is 9.11. The van der Waals surface area contributed by atoms with Crippen molar-refractivity contribution in [1.29, 1.82) is 0 Å². The van der Waals surface area contributed by atoms with Crippen LogP contribution in [0.1, 0.15) is 5.56 Å². The quantitative estimate of drug-likeness (QED) is 0.395. The molecule has 3 aromatic rings. The molecule has 0 saturated heterocycles. The van der Waals surface area contributed by atoms with Gasteiger partial charge in [-0.15, -0.1) is 0 Å². The second kappa shape index (κ2) is 9.52. The molecular weight excluding hydrogens is 488 g/mol. The third-order valence-corrected chi connectivity index (χ3v) is 5.10. The number of hydrazine groups is 1. The Labute approximate surface area is 179 Å². The van der Waals surface area contributed by atoms with Crippen molar-refractivity contribution in [3.05, 3.63) is 81.2 Å². The monoisotopic (exact) mass is 502 g/mol. The Kier molecular flexibility index (Phi) is 6.84. The maximum absolute atomic E-state index is 11.9. The van der Waals surface area contributed by atoms with Crippen LogP contribution in [0.25, 0.3) is 16.8 Å². The third-order valence-electron chi connectivity index (χ3n) is 3.79. The predicted octanol–water partition coefficient (Wildman–Crippen LogP) is 4.60. The number of carbonyl (C=O) groups is 2. The minimum Gasteiger partial charge on any atom is -0.483 e. The summed E-state index contributed by atoms with van der Waals surface area (Å²) >= 11 is 6.95. The van der Waals surface area contributed by atoms with Crippen LogP contribution in [0.2, 0.25) is 0 Å². The number of benzene rings is 3. The van der Waals surface area contributed by atoms with Crippen LogP contribution in [0.3, 0.4) is 0 Å². The van der Waals surface area contributed by atoms with Crippen molar-refractivity contribution in [2.24, 2.45) is 0 Å². The van der Waals surface area contributed by atoms with E-state index in [1.165, 1.54) is 6.08 Å². The lowest BCUT2D eigenvalue weighted by atomic mass is 10.1. The van der Waals surface area contributed by atoms with E-state index in [0.29, 0.717) is 5.75 Å². The number of hydrogen-bond donors (Lipinski definition) is 2. The van der Waals surface area contributed by atoms with E-state index in [-0.39, 0.29) is 6.61 Å². The van der Waals surface area contributed by atoms with E-state index >= 15 is 0 Å². The Balaban J connectivity index is 1.51. The van der Waals surface area contributed by atoms with Gasteiger partial charge in [-0.3, -0.25) is 20.4 Å². The predicted molar refractivity (Wildman–Crippen MR) is 117 cm³/mol. The fraction of sp³-hybridized carbons (Fsp3) is 0.0476. The molecule has 142 valence electrons. The Bertz CT molecular complexity index is 1040. The summed E-state index contributed by atoms with van der Waals surface area (Å²) in [6.07, 6.45) is 3.00. The molecule has 3 rings (SSSR count). The van der Waals surface area contributed by atoms with Crippen LogP contribution >= 0.6 is 31.9 Å². The first-order chi connectivity index (χ1) is 13.5. The minimum absolute atomic E-state index is 0.233. The van der Waals surface area contributed by atoms with Gasteiger partial charge in [-0.05, 0) is 56.5 Å². The van der Waals surface area contributed by atoms with Crippen molar-refractivity contribution in [3.8, 4) is 5.75 Å². The summed E-state index contributed by atoms with van der Waals surface area (Å²) in [5, 5.41) is 2.01. The zero-order valence-electron chi connectivity index (χ0n) is 14.6. The maximum atomic E-state index is 11.9. The standard InChI is InChI=1S/C21H16Br2N2O3/c22-16-8-9-17-15(12-16)7-10-18(21(17)23)28-13-20(27)25-24-19(26)11-6-14-4-2-1-3-5-14/h1-12H,13H2,(H,24,26)(H,25,27). The Hall–Kier alpha value is -2.64. The number of ether oxygens (including phenoxy) is 1. The van der Waals surface area contributed by atoms with E-state index in [2.05, 4.69) is 42.7 Å². The molecule has 5 nitrogen and oxygen atoms in total. The number of amides is 2. The van der Waals surface area contributed by atoms with Gasteiger partial charge in [-0.2, -0.15) is 0 Å². The number of fused-ring (bicyclic) bond motifs is 1. The van der Waals surface area contributed by atoms with Crippen LogP contribution in [0.4, 0.5) is 0 Å². The molecular formula is C21H16Br2N2O3. The van der Waals surface area contributed by atoms with Gasteiger partial charge in [0, 0.05) is 10.5 Å². The molecule has 0 bridgehead atoms. The average molecular weight is 504 g/mol. The molecule has 2 N–H and O–H groups in total. The molecule has 0 aliphatic heterocycles. The molecule has 0 atom stereocenters. The van der Waals surface area contributed by atoms with Crippen LogP contribution < -0.4 is 15.6 Å². The fourth-order valence-electron chi connectivity index (χ4n) is 2.44. The maximum Gasteiger partial charge on any atom is 0.276 e. The number of hydrogen-bond acceptors (Lipinski definition) is 3. The Morgan fingerprint density at radius 2 is 1.75 bits per heavy atom. The van der Waals surface area contributed by atoms with E-state index in [9.17, 15) is 9.59 Å². The molecule has 0 saturated carbocycles. The van der Waals surface area contributed by atoms with Gasteiger partial charge in [0.2, 0.25) is 0 Å². The van der Waals surface area contributed by atoms with Gasteiger partial charge in [-0.25, -0.2) is 0 Å². The molecule has 0 aromatic heterocycles. The largest absolute Gasteiger partial charge is 0.483 e. The number of nitrogens with one attached hydrogen (secondary N) is 2. The normalized spacial score (nSPS) is 10.8. The summed E-state index contributed by atoms with van der Waals surface area (Å²) in [5.74, 6) is -0.362. The zero-order chi connectivity index (χ0) is 19.9. The lowest BCUT2D eigenvalue weighted by Crippen LogP contribution is -2.43. The van der Waals surface area contributed by atoms with E-state index < -0.39 is 11.8 Å². The van der Waals surface area contributed by atoms with Crippen LogP contribution in [-0.2, 0) is 9.59 Å². The molecule has 7 heteroatoms. The topological polar surface area (TPSA) is 67.4 Å². The molecule has 0 aliphatic carbocycles. The molecule has 28 heavy (non-hydrogen) atoms. The lowest BCUT2D eigenvalue weighted by molar-refractivity contribution is -0.128. The molecule has 0 spiro atoms. The second-order valence-electron chi connectivity index (χ2n) is 5.81. The van der Waals surface area contributed by atoms with E-state index in [4.69, 9.17) is 4.74 Å². The van der Waals surface area contributed by atoms with Crippen LogP contribution in [0.15, 0.2) is 75.7 Å². The first kappa shape index (κ1) is 20.1. The number of carbonyl (C=O) groups excluding carboxylic acids is 2. The molecule has 0 aliphatic rings. The van der Waals surface area contributed by atoms with Crippen LogP contribution in [-0.4, -0.2) is 18.4 Å². The molecule has 2 amide bonds. The van der Waals surface area contributed by atoms with Gasteiger partial charge in [-0.1, -0.05) is 58.4 Å². The zero-order valence-corrected chi connectivity index (χ0v) is 17.8.